The number of rotatable bonds is 7. The van der Waals surface area contributed by atoms with E-state index < -0.39 is 17.3 Å². The Bertz CT molecular complexity index is 1250. The fraction of sp³-hybridized carbons (Fsp3) is 0.133. The van der Waals surface area contributed by atoms with Crippen molar-refractivity contribution in [1.29, 1.82) is 0 Å². The van der Waals surface area contributed by atoms with Crippen LogP contribution in [0.4, 0.5) is 0 Å². The van der Waals surface area contributed by atoms with Crippen molar-refractivity contribution in [2.45, 2.75) is 19.3 Å². The van der Waals surface area contributed by atoms with Gasteiger partial charge < -0.3 is 20.4 Å². The SMILES string of the molecule is O=C(C=CC1C=CC=CC1)c1ccccc1.O=C(CCc1ccc(O)cc1)c1c(O)cc(O)cc1O. The van der Waals surface area contributed by atoms with Gasteiger partial charge in [-0.1, -0.05) is 72.8 Å². The molecule has 36 heavy (non-hydrogen) atoms. The lowest BCUT2D eigenvalue weighted by molar-refractivity contribution is 0.0976. The van der Waals surface area contributed by atoms with E-state index in [0.717, 1.165) is 29.7 Å². The third-order valence-electron chi connectivity index (χ3n) is 5.50. The second kappa shape index (κ2) is 12.8. The van der Waals surface area contributed by atoms with Crippen LogP contribution in [0.15, 0.2) is 103 Å². The Kier molecular flexibility index (Phi) is 9.23. The van der Waals surface area contributed by atoms with Crippen LogP contribution >= 0.6 is 0 Å². The number of aromatic hydroxyl groups is 4. The number of carbonyl (C=O) groups excluding carboxylic acids is 2. The molecule has 1 atom stereocenters. The lowest BCUT2D eigenvalue weighted by Crippen LogP contribution is -2.02. The molecule has 3 aromatic rings. The van der Waals surface area contributed by atoms with E-state index in [0.29, 0.717) is 12.3 Å². The van der Waals surface area contributed by atoms with Crippen LogP contribution in [0.2, 0.25) is 0 Å². The molecule has 4 rings (SSSR count). The molecule has 6 nitrogen and oxygen atoms in total. The molecule has 4 N–H and O–H groups in total. The largest absolute Gasteiger partial charge is 0.508 e. The summed E-state index contributed by atoms with van der Waals surface area (Å²) >= 11 is 0. The minimum atomic E-state index is -0.446. The number of hydrogen-bond acceptors (Lipinski definition) is 6. The molecular formula is C30H28O6. The highest BCUT2D eigenvalue weighted by molar-refractivity contribution is 6.04. The summed E-state index contributed by atoms with van der Waals surface area (Å²) in [5, 5.41) is 37.5. The predicted octanol–water partition coefficient (Wildman–Crippen LogP) is 5.88. The summed E-state index contributed by atoms with van der Waals surface area (Å²) in [4.78, 5) is 23.7. The number of ketones is 2. The van der Waals surface area contributed by atoms with Gasteiger partial charge in [0.05, 0.1) is 0 Å². The van der Waals surface area contributed by atoms with Crippen molar-refractivity contribution >= 4 is 11.6 Å². The van der Waals surface area contributed by atoms with Gasteiger partial charge in [0, 0.05) is 24.1 Å². The summed E-state index contributed by atoms with van der Waals surface area (Å²) in [5.74, 6) is -1.05. The number of benzene rings is 3. The van der Waals surface area contributed by atoms with E-state index in [1.54, 1.807) is 18.2 Å². The van der Waals surface area contributed by atoms with Crippen molar-refractivity contribution in [1.82, 2.24) is 0 Å². The number of phenols is 4. The highest BCUT2D eigenvalue weighted by Crippen LogP contribution is 2.33. The van der Waals surface area contributed by atoms with E-state index >= 15 is 0 Å². The summed E-state index contributed by atoms with van der Waals surface area (Å²) in [5.41, 5.74) is 1.41. The normalized spacial score (nSPS) is 14.3. The summed E-state index contributed by atoms with van der Waals surface area (Å²) in [6.07, 6.45) is 13.4. The standard InChI is InChI=1S/C15H14O5.C15H14O/c16-10-4-1-9(2-5-10)3-6-12(18)15-13(19)7-11(17)8-14(15)20;16-15(14-9-5-2-6-10-14)12-11-13-7-3-1-4-8-13/h1-2,4-5,7-8,16-17,19-20H,3,6H2;1-7,9-13H,8H2. The van der Waals surface area contributed by atoms with Crippen LogP contribution in [-0.4, -0.2) is 32.0 Å². The molecule has 3 aromatic carbocycles. The Morgan fingerprint density at radius 3 is 2.11 bits per heavy atom. The molecule has 0 aromatic heterocycles. The molecule has 1 unspecified atom stereocenters. The van der Waals surface area contributed by atoms with Gasteiger partial charge in [0.25, 0.3) is 0 Å². The zero-order valence-corrected chi connectivity index (χ0v) is 19.6. The maximum atomic E-state index is 12.0. The summed E-state index contributed by atoms with van der Waals surface area (Å²) in [6, 6.07) is 17.8. The molecule has 0 fully saturated rings. The van der Waals surface area contributed by atoms with Crippen LogP contribution in [0.3, 0.4) is 0 Å². The van der Waals surface area contributed by atoms with Gasteiger partial charge in [0.2, 0.25) is 0 Å². The highest BCUT2D eigenvalue weighted by atomic mass is 16.3. The first kappa shape index (κ1) is 26.0. The van der Waals surface area contributed by atoms with E-state index in [2.05, 4.69) is 12.2 Å². The smallest absolute Gasteiger partial charge is 0.185 e. The lowest BCUT2D eigenvalue weighted by Gasteiger charge is -2.07. The molecule has 1 aliphatic rings. The van der Waals surface area contributed by atoms with E-state index in [1.807, 2.05) is 48.6 Å². The van der Waals surface area contributed by atoms with Crippen LogP contribution in [-0.2, 0) is 6.42 Å². The summed E-state index contributed by atoms with van der Waals surface area (Å²) in [7, 11) is 0. The van der Waals surface area contributed by atoms with E-state index in [1.165, 1.54) is 12.1 Å². The number of aryl methyl sites for hydroxylation is 1. The Labute approximate surface area is 209 Å². The Morgan fingerprint density at radius 2 is 1.50 bits per heavy atom. The van der Waals surface area contributed by atoms with Crippen LogP contribution in [0.25, 0.3) is 0 Å². The van der Waals surface area contributed by atoms with E-state index in [9.17, 15) is 24.9 Å². The van der Waals surface area contributed by atoms with Crippen LogP contribution in [0, 0.1) is 5.92 Å². The number of carbonyl (C=O) groups is 2. The van der Waals surface area contributed by atoms with E-state index in [4.69, 9.17) is 5.11 Å². The Balaban J connectivity index is 0.000000205. The molecule has 0 saturated carbocycles. The minimum Gasteiger partial charge on any atom is -0.508 e. The fourth-order valence-electron chi connectivity index (χ4n) is 3.58. The topological polar surface area (TPSA) is 115 Å². The zero-order chi connectivity index (χ0) is 25.9. The summed E-state index contributed by atoms with van der Waals surface area (Å²) in [6.45, 7) is 0. The molecule has 0 radical (unpaired) electrons. The first-order chi connectivity index (χ1) is 17.3. The van der Waals surface area contributed by atoms with E-state index in [-0.39, 0.29) is 29.3 Å². The van der Waals surface area contributed by atoms with Gasteiger partial charge in [0.15, 0.2) is 11.6 Å². The second-order valence-corrected chi connectivity index (χ2v) is 8.25. The van der Waals surface area contributed by atoms with Crippen molar-refractivity contribution < 1.29 is 30.0 Å². The van der Waals surface area contributed by atoms with Crippen molar-refractivity contribution in [2.24, 2.45) is 5.92 Å². The molecule has 0 spiro atoms. The average molecular weight is 485 g/mol. The van der Waals surface area contributed by atoms with Crippen molar-refractivity contribution in [2.75, 3.05) is 0 Å². The average Bonchev–Trinajstić information content (AvgIpc) is 2.88. The van der Waals surface area contributed by atoms with Gasteiger partial charge in [-0.05, 0) is 42.5 Å². The van der Waals surface area contributed by atoms with Crippen LogP contribution in [0.1, 0.15) is 39.1 Å². The maximum Gasteiger partial charge on any atom is 0.185 e. The molecule has 0 aliphatic heterocycles. The molecule has 1 aliphatic carbocycles. The number of hydrogen-bond donors (Lipinski definition) is 4. The molecular weight excluding hydrogens is 456 g/mol. The fourth-order valence-corrected chi connectivity index (χ4v) is 3.58. The molecule has 0 amide bonds. The predicted molar refractivity (Wildman–Crippen MR) is 138 cm³/mol. The minimum absolute atomic E-state index is 0.0727. The van der Waals surface area contributed by atoms with Crippen molar-refractivity contribution in [3.8, 4) is 23.0 Å². The van der Waals surface area contributed by atoms with Gasteiger partial charge in [0.1, 0.15) is 28.6 Å². The van der Waals surface area contributed by atoms with Crippen molar-refractivity contribution in [3.63, 3.8) is 0 Å². The third kappa shape index (κ3) is 7.74. The Morgan fingerprint density at radius 1 is 0.833 bits per heavy atom. The van der Waals surface area contributed by atoms with Crippen molar-refractivity contribution in [3.05, 3.63) is 120 Å². The molecule has 184 valence electrons. The number of allylic oxidation sites excluding steroid dienone is 6. The first-order valence-electron chi connectivity index (χ1n) is 11.5. The summed E-state index contributed by atoms with van der Waals surface area (Å²) < 4.78 is 0. The Hall–Kier alpha value is -4.58. The third-order valence-corrected chi connectivity index (χ3v) is 5.50. The van der Waals surface area contributed by atoms with Crippen LogP contribution in [0.5, 0.6) is 23.0 Å². The second-order valence-electron chi connectivity index (χ2n) is 8.25. The van der Waals surface area contributed by atoms with Gasteiger partial charge in [-0.25, -0.2) is 0 Å². The van der Waals surface area contributed by atoms with Gasteiger partial charge >= 0.3 is 0 Å². The first-order valence-corrected chi connectivity index (χ1v) is 11.5. The van der Waals surface area contributed by atoms with Gasteiger partial charge in [-0.2, -0.15) is 0 Å². The van der Waals surface area contributed by atoms with Gasteiger partial charge in [-0.15, -0.1) is 0 Å². The van der Waals surface area contributed by atoms with Crippen LogP contribution < -0.4 is 0 Å². The quantitative estimate of drug-likeness (QED) is 0.246. The zero-order valence-electron chi connectivity index (χ0n) is 19.6. The number of Topliss-reactive ketones (excluding diaryl/α,β-unsaturated/α-hetero) is 1. The highest BCUT2D eigenvalue weighted by Gasteiger charge is 2.17. The monoisotopic (exact) mass is 484 g/mol. The van der Waals surface area contributed by atoms with Gasteiger partial charge in [-0.3, -0.25) is 9.59 Å². The lowest BCUT2D eigenvalue weighted by atomic mass is 9.99. The molecule has 0 saturated heterocycles. The maximum absolute atomic E-state index is 12.0. The molecule has 0 bridgehead atoms. The number of phenolic OH excluding ortho intramolecular Hbond substituents is 4. The molecule has 6 heteroatoms. The molecule has 0 heterocycles.